The number of aromatic amines is 1. The van der Waals surface area contributed by atoms with Gasteiger partial charge in [-0.05, 0) is 84.6 Å². The topological polar surface area (TPSA) is 65.1 Å². The second kappa shape index (κ2) is 8.80. The van der Waals surface area contributed by atoms with Crippen LogP contribution in [0.3, 0.4) is 0 Å². The summed E-state index contributed by atoms with van der Waals surface area (Å²) < 4.78 is 26.5. The van der Waals surface area contributed by atoms with E-state index in [1.54, 1.807) is 31.2 Å². The number of rotatable bonds is 7. The molecule has 6 heteroatoms. The second-order valence-electron chi connectivity index (χ2n) is 6.75. The number of aryl methyl sites for hydroxylation is 1. The molecule has 1 amide bonds. The second-order valence-corrected chi connectivity index (χ2v) is 6.75. The average molecular weight is 384 g/mol. The molecule has 0 aliphatic carbocycles. The zero-order valence-electron chi connectivity index (χ0n) is 15.5. The molecule has 1 heterocycles. The quantitative estimate of drug-likeness (QED) is 0.575. The van der Waals surface area contributed by atoms with E-state index in [1.165, 1.54) is 24.3 Å². The van der Waals surface area contributed by atoms with Gasteiger partial charge in [-0.1, -0.05) is 0 Å². The van der Waals surface area contributed by atoms with Crippen LogP contribution in [0.5, 0.6) is 0 Å². The van der Waals surface area contributed by atoms with E-state index >= 15 is 0 Å². The molecule has 146 valence electrons. The summed E-state index contributed by atoms with van der Waals surface area (Å²) >= 11 is 0. The Balaban J connectivity index is 1.88. The fourth-order valence-corrected chi connectivity index (χ4v) is 2.99. The van der Waals surface area contributed by atoms with E-state index in [0.717, 1.165) is 28.1 Å². The van der Waals surface area contributed by atoms with Crippen molar-refractivity contribution in [2.75, 3.05) is 6.61 Å². The summed E-state index contributed by atoms with van der Waals surface area (Å²) in [5, 5.41) is 11.8. The molecular weight excluding hydrogens is 362 g/mol. The fourth-order valence-electron chi connectivity index (χ4n) is 2.99. The Bertz CT molecular complexity index is 934. The zero-order chi connectivity index (χ0) is 20.1. The third kappa shape index (κ3) is 4.84. The third-order valence-electron chi connectivity index (χ3n) is 4.49. The summed E-state index contributed by atoms with van der Waals surface area (Å²) in [4.78, 5) is 15.4. The summed E-state index contributed by atoms with van der Waals surface area (Å²) in [6.07, 6.45) is 0.716. The van der Waals surface area contributed by atoms with E-state index in [9.17, 15) is 13.6 Å². The number of carbonyl (C=O) groups excluding carboxylic acids is 1. The number of nitrogens with one attached hydrogen (secondary N) is 2. The zero-order valence-corrected chi connectivity index (χ0v) is 15.5. The molecule has 0 fully saturated rings. The van der Waals surface area contributed by atoms with Gasteiger partial charge in [0.1, 0.15) is 11.6 Å². The number of aromatic nitrogens is 1. The number of hydrogen-bond donors (Lipinski definition) is 3. The van der Waals surface area contributed by atoms with Gasteiger partial charge in [0.25, 0.3) is 0 Å². The van der Waals surface area contributed by atoms with Gasteiger partial charge in [-0.25, -0.2) is 8.78 Å². The molecule has 3 rings (SSSR count). The Morgan fingerprint density at radius 2 is 1.61 bits per heavy atom. The van der Waals surface area contributed by atoms with E-state index in [1.807, 2.05) is 6.07 Å². The molecule has 1 aromatic heterocycles. The monoisotopic (exact) mass is 384 g/mol. The maximum atomic E-state index is 13.3. The molecule has 0 bridgehead atoms. The first-order chi connectivity index (χ1) is 13.5. The van der Waals surface area contributed by atoms with Crippen LogP contribution in [0.25, 0.3) is 22.5 Å². The van der Waals surface area contributed by atoms with Gasteiger partial charge in [0.15, 0.2) is 0 Å². The minimum absolute atomic E-state index is 0.120. The molecular formula is C22H22F2N2O2. The van der Waals surface area contributed by atoms with Gasteiger partial charge in [-0.3, -0.25) is 4.79 Å². The van der Waals surface area contributed by atoms with E-state index in [4.69, 9.17) is 5.11 Å². The lowest BCUT2D eigenvalue weighted by molar-refractivity contribution is -0.121. The normalized spacial score (nSPS) is 12.0. The number of H-pyrrole nitrogens is 1. The molecule has 0 saturated heterocycles. The van der Waals surface area contributed by atoms with Crippen molar-refractivity contribution in [1.82, 2.24) is 10.3 Å². The van der Waals surface area contributed by atoms with Crippen LogP contribution in [0.4, 0.5) is 8.78 Å². The predicted molar refractivity (Wildman–Crippen MR) is 105 cm³/mol. The summed E-state index contributed by atoms with van der Waals surface area (Å²) in [6, 6.07) is 13.9. The van der Waals surface area contributed by atoms with Crippen molar-refractivity contribution in [3.8, 4) is 22.5 Å². The Hall–Kier alpha value is -2.99. The maximum absolute atomic E-state index is 13.3. The SMILES string of the molecule is C[C@H](CO)NC(=O)CCc1cc(-c2ccc(F)cc2)[nH]c1-c1ccc(F)cc1. The highest BCUT2D eigenvalue weighted by molar-refractivity contribution is 5.78. The Morgan fingerprint density at radius 3 is 2.18 bits per heavy atom. The molecule has 0 aliphatic heterocycles. The van der Waals surface area contributed by atoms with Gasteiger partial charge in [0, 0.05) is 23.9 Å². The number of amides is 1. The van der Waals surface area contributed by atoms with Gasteiger partial charge < -0.3 is 15.4 Å². The molecule has 1 atom stereocenters. The minimum atomic E-state index is -0.326. The van der Waals surface area contributed by atoms with E-state index in [2.05, 4.69) is 10.3 Å². The first-order valence-electron chi connectivity index (χ1n) is 9.10. The lowest BCUT2D eigenvalue weighted by atomic mass is 10.0. The van der Waals surface area contributed by atoms with Crippen LogP contribution in [0.2, 0.25) is 0 Å². The standard InChI is InChI=1S/C22H22F2N2O2/c1-14(13-27)25-21(28)11-6-17-12-20(15-2-7-18(23)8-3-15)26-22(17)16-4-9-19(24)10-5-16/h2-5,7-10,12,14,26-27H,6,11,13H2,1H3,(H,25,28)/t14-/m1/s1. The van der Waals surface area contributed by atoms with Crippen molar-refractivity contribution in [2.24, 2.45) is 0 Å². The van der Waals surface area contributed by atoms with E-state index < -0.39 is 0 Å². The van der Waals surface area contributed by atoms with Gasteiger partial charge in [-0.15, -0.1) is 0 Å². The highest BCUT2D eigenvalue weighted by Gasteiger charge is 2.14. The summed E-state index contributed by atoms with van der Waals surface area (Å²) in [7, 11) is 0. The number of halogens is 2. The maximum Gasteiger partial charge on any atom is 0.220 e. The first-order valence-corrected chi connectivity index (χ1v) is 9.10. The van der Waals surface area contributed by atoms with E-state index in [-0.39, 0.29) is 36.6 Å². The van der Waals surface area contributed by atoms with Crippen molar-refractivity contribution >= 4 is 5.91 Å². The van der Waals surface area contributed by atoms with Gasteiger partial charge >= 0.3 is 0 Å². The molecule has 0 saturated carbocycles. The number of hydrogen-bond acceptors (Lipinski definition) is 2. The summed E-state index contributed by atoms with van der Waals surface area (Å²) in [6.45, 7) is 1.61. The van der Waals surface area contributed by atoms with Crippen molar-refractivity contribution in [3.63, 3.8) is 0 Å². The molecule has 0 spiro atoms. The fraction of sp³-hybridized carbons (Fsp3) is 0.227. The Labute approximate surface area is 162 Å². The summed E-state index contributed by atoms with van der Waals surface area (Å²) in [5.41, 5.74) is 4.10. The van der Waals surface area contributed by atoms with Crippen molar-refractivity contribution in [2.45, 2.75) is 25.8 Å². The number of aliphatic hydroxyl groups excluding tert-OH is 1. The Morgan fingerprint density at radius 1 is 1.04 bits per heavy atom. The van der Waals surface area contributed by atoms with Crippen LogP contribution in [0, 0.1) is 11.6 Å². The van der Waals surface area contributed by atoms with Crippen LogP contribution in [-0.4, -0.2) is 28.6 Å². The highest BCUT2D eigenvalue weighted by Crippen LogP contribution is 2.30. The molecule has 3 aromatic rings. The minimum Gasteiger partial charge on any atom is -0.394 e. The van der Waals surface area contributed by atoms with E-state index in [0.29, 0.717) is 6.42 Å². The number of carbonyl (C=O) groups is 1. The molecule has 2 aromatic carbocycles. The van der Waals surface area contributed by atoms with Crippen molar-refractivity contribution < 1.29 is 18.7 Å². The molecule has 28 heavy (non-hydrogen) atoms. The number of aliphatic hydroxyl groups is 1. The van der Waals surface area contributed by atoms with Crippen LogP contribution >= 0.6 is 0 Å². The first kappa shape index (κ1) is 19.8. The lowest BCUT2D eigenvalue weighted by Crippen LogP contribution is -2.35. The van der Waals surface area contributed by atoms with Crippen LogP contribution in [0.15, 0.2) is 54.6 Å². The molecule has 0 unspecified atom stereocenters. The van der Waals surface area contributed by atoms with Gasteiger partial charge in [0.2, 0.25) is 5.91 Å². The van der Waals surface area contributed by atoms with Gasteiger partial charge in [0.05, 0.1) is 6.61 Å². The van der Waals surface area contributed by atoms with Crippen LogP contribution in [0.1, 0.15) is 18.9 Å². The largest absolute Gasteiger partial charge is 0.394 e. The molecule has 0 aliphatic rings. The molecule has 4 nitrogen and oxygen atoms in total. The van der Waals surface area contributed by atoms with Crippen molar-refractivity contribution in [1.29, 1.82) is 0 Å². The molecule has 0 radical (unpaired) electrons. The Kier molecular flexibility index (Phi) is 6.21. The summed E-state index contributed by atoms with van der Waals surface area (Å²) in [5.74, 6) is -0.798. The average Bonchev–Trinajstić information content (AvgIpc) is 3.11. The number of benzene rings is 2. The van der Waals surface area contributed by atoms with Crippen molar-refractivity contribution in [3.05, 3.63) is 71.8 Å². The predicted octanol–water partition coefficient (Wildman–Crippen LogP) is 4.06. The van der Waals surface area contributed by atoms with Crippen LogP contribution < -0.4 is 5.32 Å². The third-order valence-corrected chi connectivity index (χ3v) is 4.49. The smallest absolute Gasteiger partial charge is 0.220 e. The van der Waals surface area contributed by atoms with Crippen LogP contribution in [-0.2, 0) is 11.2 Å². The lowest BCUT2D eigenvalue weighted by Gasteiger charge is -2.10. The van der Waals surface area contributed by atoms with Gasteiger partial charge in [-0.2, -0.15) is 0 Å². The molecule has 3 N–H and O–H groups in total. The highest BCUT2D eigenvalue weighted by atomic mass is 19.1.